The molecule has 0 aliphatic carbocycles. The van der Waals surface area contributed by atoms with Gasteiger partial charge in [0.05, 0.1) is 32.8 Å². The van der Waals surface area contributed by atoms with E-state index in [1.54, 1.807) is 12.2 Å². The van der Waals surface area contributed by atoms with Crippen molar-refractivity contribution in [3.8, 4) is 0 Å². The number of aliphatic hydroxyl groups excluding tert-OH is 1. The SMILES string of the molecule is CC/C=C\C/C=C\C/C=C\C/C=C\C/C=C\CCCCCC(=O)OCC(COP(=O)(O)OCC(O)COP(=O)(O)OCC(COC(=O)CCCC/C=C\C/C=C\C/C=C\C/C=C\CC)OC(=O)CCCC/C=C\C/C=C\C/C=C\C/C=C\CC)OC(=O)C/C=C\C/C=C\C/C=C\C/C=C\C/C=C\CC. The lowest BCUT2D eigenvalue weighted by Crippen LogP contribution is -2.30. The molecule has 3 N–H and O–H groups in total. The molecular weight excluding hydrogens is 1350 g/mol. The predicted octanol–water partition coefficient (Wildman–Crippen LogP) is 22.1. The van der Waals surface area contributed by atoms with Crippen molar-refractivity contribution < 1.29 is 80.2 Å². The van der Waals surface area contributed by atoms with E-state index in [-0.39, 0.29) is 25.7 Å². The second-order valence-electron chi connectivity index (χ2n) is 24.1. The maximum absolute atomic E-state index is 13.1. The first-order valence-electron chi connectivity index (χ1n) is 38.0. The van der Waals surface area contributed by atoms with Gasteiger partial charge in [-0.25, -0.2) is 9.13 Å². The quantitative estimate of drug-likeness (QED) is 0.0169. The molecule has 0 aromatic carbocycles. The van der Waals surface area contributed by atoms with Crippen LogP contribution in [0.25, 0.3) is 0 Å². The molecule has 582 valence electrons. The highest BCUT2D eigenvalue weighted by molar-refractivity contribution is 7.47. The van der Waals surface area contributed by atoms with E-state index in [1.807, 2.05) is 18.2 Å². The number of hydrogen-bond donors (Lipinski definition) is 3. The average molecular weight is 1490 g/mol. The Kier molecular flexibility index (Phi) is 69.9. The van der Waals surface area contributed by atoms with Gasteiger partial charge < -0.3 is 33.8 Å². The first-order chi connectivity index (χ1) is 50.7. The second-order valence-corrected chi connectivity index (χ2v) is 27.0. The number of ether oxygens (including phenoxy) is 4. The molecule has 5 atom stereocenters. The Morgan fingerprint density at radius 1 is 0.279 bits per heavy atom. The summed E-state index contributed by atoms with van der Waals surface area (Å²) in [6, 6.07) is 0. The molecule has 0 spiro atoms. The summed E-state index contributed by atoms with van der Waals surface area (Å²) in [4.78, 5) is 72.8. The van der Waals surface area contributed by atoms with Crippen LogP contribution in [0.2, 0.25) is 0 Å². The van der Waals surface area contributed by atoms with E-state index in [4.69, 9.17) is 37.0 Å². The molecule has 0 rings (SSSR count). The van der Waals surface area contributed by atoms with Crippen LogP contribution in [0.1, 0.15) is 233 Å². The summed E-state index contributed by atoms with van der Waals surface area (Å²) in [6.07, 6.45) is 94.0. The highest BCUT2D eigenvalue weighted by atomic mass is 31.2. The number of phosphoric ester groups is 2. The van der Waals surface area contributed by atoms with E-state index in [1.165, 1.54) is 0 Å². The van der Waals surface area contributed by atoms with Crippen molar-refractivity contribution in [2.45, 2.75) is 251 Å². The molecule has 0 heterocycles. The number of phosphoric acid groups is 2. The lowest BCUT2D eigenvalue weighted by molar-refractivity contribution is -0.161. The molecule has 0 radical (unpaired) electrons. The van der Waals surface area contributed by atoms with E-state index in [9.17, 15) is 43.2 Å². The first kappa shape index (κ1) is 97.4. The molecule has 104 heavy (non-hydrogen) atoms. The number of carbonyl (C=O) groups is 4. The fourth-order valence-corrected chi connectivity index (χ4v) is 10.4. The van der Waals surface area contributed by atoms with Gasteiger partial charge in [0.2, 0.25) is 0 Å². The zero-order chi connectivity index (χ0) is 76.0. The van der Waals surface area contributed by atoms with Crippen molar-refractivity contribution in [3.05, 3.63) is 219 Å². The number of hydrogen-bond acceptors (Lipinski definition) is 15. The number of allylic oxidation sites excluding steroid dienone is 35. The Morgan fingerprint density at radius 3 is 0.808 bits per heavy atom. The largest absolute Gasteiger partial charge is 0.472 e. The minimum Gasteiger partial charge on any atom is -0.462 e. The standard InChI is InChI=1S/C85H130O17P2/c1-5-9-13-17-21-25-29-33-37-38-39-40-44-46-50-54-58-62-66-70-83(88)96-76-81(102-85(90)72-68-64-60-56-52-48-43-36-32-28-24-20-16-12-8-4)78-100-104(93,94)98-74-79(86)73-97-103(91,92)99-77-80(101-84(89)71-67-63-59-55-51-47-42-35-31-27-23-19-15-11-7-3)75-95-82(87)69-65-61-57-53-49-45-41-34-30-26-22-18-14-10-6-2/h9-16,21-28,33-37,39-43,46,49-53,55-56,64,68,79-81,86H,5-8,17-20,29-32,38,44-45,47-48,54,57-63,65-67,69-78H2,1-4H3,(H,91,92)(H,93,94)/b13-9-,14-10-,15-11-,16-12-,25-21-,26-22-,27-23-,28-24-,37-33-,40-39-,41-34-,42-35-,43-36-,50-46-,53-49-,55-51-,56-52-,68-64-. The molecule has 0 fully saturated rings. The summed E-state index contributed by atoms with van der Waals surface area (Å²) in [5.41, 5.74) is 0. The van der Waals surface area contributed by atoms with Crippen molar-refractivity contribution in [2.24, 2.45) is 0 Å². The van der Waals surface area contributed by atoms with E-state index >= 15 is 0 Å². The summed E-state index contributed by atoms with van der Waals surface area (Å²) >= 11 is 0. The fourth-order valence-electron chi connectivity index (χ4n) is 8.83. The van der Waals surface area contributed by atoms with Crippen LogP contribution in [0.15, 0.2) is 219 Å². The molecule has 0 amide bonds. The Morgan fingerprint density at radius 2 is 0.510 bits per heavy atom. The highest BCUT2D eigenvalue weighted by Crippen LogP contribution is 2.45. The molecular formula is C85H130O17P2. The maximum Gasteiger partial charge on any atom is 0.472 e. The summed E-state index contributed by atoms with van der Waals surface area (Å²) in [6.45, 7) is 4.10. The minimum atomic E-state index is -5.03. The summed E-state index contributed by atoms with van der Waals surface area (Å²) < 4.78 is 68.2. The van der Waals surface area contributed by atoms with Crippen molar-refractivity contribution >= 4 is 39.5 Å². The molecule has 0 aromatic rings. The molecule has 0 saturated heterocycles. The smallest absolute Gasteiger partial charge is 0.462 e. The monoisotopic (exact) mass is 1480 g/mol. The van der Waals surface area contributed by atoms with E-state index in [0.29, 0.717) is 32.1 Å². The molecule has 0 aromatic heterocycles. The van der Waals surface area contributed by atoms with Gasteiger partial charge in [0.25, 0.3) is 0 Å². The van der Waals surface area contributed by atoms with Crippen molar-refractivity contribution in [2.75, 3.05) is 39.6 Å². The minimum absolute atomic E-state index is 0.0204. The molecule has 0 aliphatic rings. The van der Waals surface area contributed by atoms with Crippen LogP contribution in [0.5, 0.6) is 0 Å². The third kappa shape index (κ3) is 73.7. The summed E-state index contributed by atoms with van der Waals surface area (Å²) in [5, 5.41) is 10.6. The van der Waals surface area contributed by atoms with Crippen LogP contribution in [0.4, 0.5) is 0 Å². The Balaban J connectivity index is 5.56. The normalized spacial score (nSPS) is 15.1. The first-order valence-corrected chi connectivity index (χ1v) is 41.0. The van der Waals surface area contributed by atoms with E-state index < -0.39 is 97.5 Å². The van der Waals surface area contributed by atoms with Gasteiger partial charge in [0.15, 0.2) is 12.2 Å². The molecule has 0 bridgehead atoms. The van der Waals surface area contributed by atoms with Gasteiger partial charge in [-0.2, -0.15) is 0 Å². The number of unbranched alkanes of at least 4 members (excludes halogenated alkanes) is 7. The van der Waals surface area contributed by atoms with Crippen LogP contribution in [-0.2, 0) is 65.4 Å². The van der Waals surface area contributed by atoms with E-state index in [2.05, 4.69) is 216 Å². The maximum atomic E-state index is 13.1. The van der Waals surface area contributed by atoms with Gasteiger partial charge >= 0.3 is 39.5 Å². The van der Waals surface area contributed by atoms with Gasteiger partial charge in [-0.15, -0.1) is 0 Å². The van der Waals surface area contributed by atoms with Crippen molar-refractivity contribution in [1.29, 1.82) is 0 Å². The fraction of sp³-hybridized carbons (Fsp3) is 0.529. The van der Waals surface area contributed by atoms with Crippen LogP contribution >= 0.6 is 15.6 Å². The second kappa shape index (κ2) is 74.6. The van der Waals surface area contributed by atoms with Gasteiger partial charge in [0, 0.05) is 19.3 Å². The third-order valence-corrected chi connectivity index (χ3v) is 16.4. The lowest BCUT2D eigenvalue weighted by Gasteiger charge is -2.21. The third-order valence-electron chi connectivity index (χ3n) is 14.5. The van der Waals surface area contributed by atoms with Crippen LogP contribution in [0, 0.1) is 0 Å². The Bertz CT molecular complexity index is 2840. The number of rotatable bonds is 68. The molecule has 19 heteroatoms. The van der Waals surface area contributed by atoms with Crippen molar-refractivity contribution in [1.82, 2.24) is 0 Å². The van der Waals surface area contributed by atoms with Crippen LogP contribution < -0.4 is 0 Å². The molecule has 17 nitrogen and oxygen atoms in total. The van der Waals surface area contributed by atoms with Gasteiger partial charge in [-0.3, -0.25) is 37.3 Å². The molecule has 5 unspecified atom stereocenters. The summed E-state index contributed by atoms with van der Waals surface area (Å²) in [5.74, 6) is -2.49. The van der Waals surface area contributed by atoms with Gasteiger partial charge in [-0.1, -0.05) is 253 Å². The number of aliphatic hydroxyl groups is 1. The molecule has 0 aliphatic heterocycles. The summed E-state index contributed by atoms with van der Waals surface area (Å²) in [7, 11) is -10.0. The Labute approximate surface area is 626 Å². The van der Waals surface area contributed by atoms with Crippen LogP contribution in [-0.4, -0.2) is 96.7 Å². The molecule has 0 saturated carbocycles. The average Bonchev–Trinajstić information content (AvgIpc) is 0.918. The predicted molar refractivity (Wildman–Crippen MR) is 426 cm³/mol. The topological polar surface area (TPSA) is 237 Å². The van der Waals surface area contributed by atoms with Gasteiger partial charge in [0.1, 0.15) is 19.3 Å². The zero-order valence-corrected chi connectivity index (χ0v) is 65.1. The van der Waals surface area contributed by atoms with Gasteiger partial charge in [-0.05, 0) is 173 Å². The number of carbonyl (C=O) groups excluding carboxylic acids is 4. The number of esters is 4. The zero-order valence-electron chi connectivity index (χ0n) is 63.3. The Hall–Kier alpha value is -6.62. The van der Waals surface area contributed by atoms with E-state index in [0.717, 1.165) is 148 Å². The van der Waals surface area contributed by atoms with Crippen LogP contribution in [0.3, 0.4) is 0 Å². The highest BCUT2D eigenvalue weighted by Gasteiger charge is 2.30. The van der Waals surface area contributed by atoms with Crippen molar-refractivity contribution in [3.63, 3.8) is 0 Å². The lowest BCUT2D eigenvalue weighted by atomic mass is 10.1.